The van der Waals surface area contributed by atoms with Crippen molar-refractivity contribution in [2.24, 2.45) is 0 Å². The highest BCUT2D eigenvalue weighted by atomic mass is 19.4. The minimum Gasteiger partial charge on any atom is -0.309 e. The molecule has 0 atom stereocenters. The molecular formula is C66H37F12N5. The van der Waals surface area contributed by atoms with Crippen LogP contribution in [-0.2, 0) is 24.7 Å². The van der Waals surface area contributed by atoms with E-state index in [-0.39, 0.29) is 51.5 Å². The lowest BCUT2D eigenvalue weighted by Crippen LogP contribution is -2.11. The topological polar surface area (TPSA) is 56.5 Å². The molecule has 0 bridgehead atoms. The first-order valence-electron chi connectivity index (χ1n) is 25.5. The van der Waals surface area contributed by atoms with Crippen molar-refractivity contribution in [2.75, 3.05) is 0 Å². The predicted octanol–water partition coefficient (Wildman–Crippen LogP) is 19.8. The summed E-state index contributed by atoms with van der Waals surface area (Å²) < 4.78 is 175. The molecule has 17 heteroatoms. The van der Waals surface area contributed by atoms with E-state index < -0.39 is 58.1 Å². The van der Waals surface area contributed by atoms with Crippen LogP contribution in [0.4, 0.5) is 52.7 Å². The average Bonchev–Trinajstić information content (AvgIpc) is 2.22. The van der Waals surface area contributed by atoms with E-state index in [0.717, 1.165) is 5.56 Å². The molecule has 0 spiro atoms. The van der Waals surface area contributed by atoms with Gasteiger partial charge in [0, 0.05) is 44.2 Å². The van der Waals surface area contributed by atoms with Crippen molar-refractivity contribution in [3.8, 4) is 95.7 Å². The highest BCUT2D eigenvalue weighted by molar-refractivity contribution is 6.12. The van der Waals surface area contributed by atoms with Crippen LogP contribution in [0.15, 0.2) is 224 Å². The quantitative estimate of drug-likeness (QED) is 0.135. The Kier molecular flexibility index (Phi) is 13.3. The summed E-state index contributed by atoms with van der Waals surface area (Å²) in [7, 11) is 0. The molecule has 0 amide bonds. The number of benzene rings is 9. The number of aromatic nitrogens is 5. The van der Waals surface area contributed by atoms with Crippen LogP contribution in [0.1, 0.15) is 22.3 Å². The maximum absolute atomic E-state index is 14.4. The molecule has 83 heavy (non-hydrogen) atoms. The normalized spacial score (nSPS) is 12.3. The van der Waals surface area contributed by atoms with Crippen LogP contribution in [0.3, 0.4) is 0 Å². The Morgan fingerprint density at radius 3 is 0.952 bits per heavy atom. The second-order valence-electron chi connectivity index (χ2n) is 19.5. The fraction of sp³-hybridized carbons (Fsp3) is 0.0606. The summed E-state index contributed by atoms with van der Waals surface area (Å²) in [4.78, 5) is 20.2. The van der Waals surface area contributed by atoms with Crippen LogP contribution >= 0.6 is 0 Å². The van der Waals surface area contributed by atoms with E-state index in [0.29, 0.717) is 85.8 Å². The van der Waals surface area contributed by atoms with E-state index in [1.165, 1.54) is 36.4 Å². The summed E-state index contributed by atoms with van der Waals surface area (Å²) in [5, 5.41) is 0.726. The molecule has 0 aliphatic heterocycles. The van der Waals surface area contributed by atoms with Crippen molar-refractivity contribution in [1.82, 2.24) is 24.5 Å². The average molecular weight is 1130 g/mol. The summed E-state index contributed by atoms with van der Waals surface area (Å²) in [5.41, 5.74) is -1.34. The Morgan fingerprint density at radius 1 is 0.253 bits per heavy atom. The van der Waals surface area contributed by atoms with E-state index in [2.05, 4.69) is 0 Å². The maximum atomic E-state index is 14.4. The molecule has 0 fully saturated rings. The maximum Gasteiger partial charge on any atom is 0.416 e. The molecule has 12 aromatic rings. The zero-order valence-corrected chi connectivity index (χ0v) is 42.6. The van der Waals surface area contributed by atoms with Gasteiger partial charge in [0.15, 0.2) is 11.6 Å². The summed E-state index contributed by atoms with van der Waals surface area (Å²) in [6.07, 6.45) is -20.8. The van der Waals surface area contributed by atoms with Gasteiger partial charge in [0.1, 0.15) is 0 Å². The second-order valence-corrected chi connectivity index (χ2v) is 19.5. The molecule has 0 saturated carbocycles. The third kappa shape index (κ3) is 10.8. The van der Waals surface area contributed by atoms with Gasteiger partial charge in [-0.15, -0.1) is 0 Å². The molecule has 0 saturated heterocycles. The lowest BCUT2D eigenvalue weighted by atomic mass is 9.97. The Labute approximate surface area is 464 Å². The first kappa shape index (κ1) is 53.7. The summed E-state index contributed by atoms with van der Waals surface area (Å²) in [6.45, 7) is 0. The van der Waals surface area contributed by atoms with Gasteiger partial charge in [-0.2, -0.15) is 52.7 Å². The van der Waals surface area contributed by atoms with Crippen molar-refractivity contribution in [3.63, 3.8) is 0 Å². The number of fused-ring (bicyclic) bond motifs is 3. The third-order valence-electron chi connectivity index (χ3n) is 14.1. The van der Waals surface area contributed by atoms with E-state index in [1.807, 2.05) is 109 Å². The van der Waals surface area contributed by atoms with Crippen LogP contribution in [0.2, 0.25) is 0 Å². The fourth-order valence-corrected chi connectivity index (χ4v) is 10.1. The zero-order chi connectivity index (χ0) is 58.0. The zero-order valence-electron chi connectivity index (χ0n) is 42.6. The third-order valence-corrected chi connectivity index (χ3v) is 14.1. The smallest absolute Gasteiger partial charge is 0.309 e. The summed E-state index contributed by atoms with van der Waals surface area (Å²) in [6, 6.07) is 56.5. The van der Waals surface area contributed by atoms with Crippen LogP contribution < -0.4 is 0 Å². The molecular weight excluding hydrogens is 1090 g/mol. The van der Waals surface area contributed by atoms with Crippen LogP contribution in [0, 0.1) is 0 Å². The van der Waals surface area contributed by atoms with Crippen LogP contribution in [-0.4, -0.2) is 24.5 Å². The van der Waals surface area contributed by atoms with Crippen LogP contribution in [0.25, 0.3) is 118 Å². The van der Waals surface area contributed by atoms with Crippen molar-refractivity contribution in [3.05, 3.63) is 247 Å². The number of hydrogen-bond acceptors (Lipinski definition) is 4. The standard InChI is InChI=1S/C66H37F12N5/c67-63(68,69)47-27-45(28-48(34-47)64(70,71)72)42-21-24-51-52-25-22-43(46-29-49(65(73,74)75)35-50(30-46)66(76,77)78)33-60(52)83(59(51)32-42)58-26-23-44(56-36-54(38-13-5-1-6-14-38)79-61(81-56)40-17-9-3-10-18-40)31-53(58)57-37-55(39-15-7-2-8-16-39)80-62(82-57)41-19-11-4-12-20-41/h1-37H. The van der Waals surface area contributed by atoms with Gasteiger partial charge in [-0.25, -0.2) is 19.9 Å². The van der Waals surface area contributed by atoms with E-state index >= 15 is 0 Å². The number of alkyl halides is 12. The monoisotopic (exact) mass is 1130 g/mol. The fourth-order valence-electron chi connectivity index (χ4n) is 10.1. The molecule has 3 aromatic heterocycles. The van der Waals surface area contributed by atoms with Crippen LogP contribution in [0.5, 0.6) is 0 Å². The van der Waals surface area contributed by atoms with Crippen molar-refractivity contribution >= 4 is 21.8 Å². The van der Waals surface area contributed by atoms with E-state index in [9.17, 15) is 52.7 Å². The Morgan fingerprint density at radius 2 is 0.578 bits per heavy atom. The largest absolute Gasteiger partial charge is 0.416 e. The Bertz CT molecular complexity index is 4110. The van der Waals surface area contributed by atoms with Crippen molar-refractivity contribution in [1.29, 1.82) is 0 Å². The number of nitrogens with zero attached hydrogens (tertiary/aromatic N) is 5. The van der Waals surface area contributed by atoms with E-state index in [1.54, 1.807) is 47.0 Å². The number of rotatable bonds is 9. The number of halogens is 12. The molecule has 0 unspecified atom stereocenters. The van der Waals surface area contributed by atoms with Gasteiger partial charge < -0.3 is 4.57 Å². The van der Waals surface area contributed by atoms with Gasteiger partial charge in [0.2, 0.25) is 0 Å². The first-order chi connectivity index (χ1) is 39.6. The van der Waals surface area contributed by atoms with Gasteiger partial charge in [0.05, 0.1) is 61.8 Å². The molecule has 3 heterocycles. The molecule has 9 aromatic carbocycles. The second kappa shape index (κ2) is 20.6. The van der Waals surface area contributed by atoms with Gasteiger partial charge >= 0.3 is 24.7 Å². The first-order valence-corrected chi connectivity index (χ1v) is 25.5. The van der Waals surface area contributed by atoms with E-state index in [4.69, 9.17) is 19.9 Å². The number of hydrogen-bond donors (Lipinski definition) is 0. The lowest BCUT2D eigenvalue weighted by molar-refractivity contribution is -0.144. The van der Waals surface area contributed by atoms with Gasteiger partial charge in [-0.05, 0) is 95.1 Å². The highest BCUT2D eigenvalue weighted by Gasteiger charge is 2.39. The lowest BCUT2D eigenvalue weighted by Gasteiger charge is -2.18. The predicted molar refractivity (Wildman–Crippen MR) is 295 cm³/mol. The SMILES string of the molecule is FC(F)(F)c1cc(-c2ccc3c4ccc(-c5cc(C(F)(F)F)cc(C(F)(F)F)c5)cc4n(-c4ccc(-c5cc(-c6ccccc6)nc(-c6ccccc6)n5)cc4-c4cc(-c5ccccc5)nc(-c5ccccc5)n4)c3c2)cc(C(F)(F)F)c1. The molecule has 0 N–H and O–H groups in total. The molecule has 0 radical (unpaired) electrons. The Balaban J connectivity index is 1.20. The van der Waals surface area contributed by atoms with Crippen molar-refractivity contribution < 1.29 is 52.7 Å². The summed E-state index contributed by atoms with van der Waals surface area (Å²) >= 11 is 0. The molecule has 12 rings (SSSR count). The molecule has 0 aliphatic carbocycles. The van der Waals surface area contributed by atoms with Gasteiger partial charge in [0.25, 0.3) is 0 Å². The molecule has 0 aliphatic rings. The summed E-state index contributed by atoms with van der Waals surface area (Å²) in [5.74, 6) is 0.654. The molecule has 5 nitrogen and oxygen atoms in total. The minimum atomic E-state index is -5.19. The highest BCUT2D eigenvalue weighted by Crippen LogP contribution is 2.45. The van der Waals surface area contributed by atoms with Crippen molar-refractivity contribution in [2.45, 2.75) is 24.7 Å². The Hall–Kier alpha value is -9.90. The minimum absolute atomic E-state index is 0.0186. The molecule has 410 valence electrons. The van der Waals surface area contributed by atoms with Gasteiger partial charge in [-0.3, -0.25) is 0 Å². The van der Waals surface area contributed by atoms with Gasteiger partial charge in [-0.1, -0.05) is 152 Å².